The minimum Gasteiger partial charge on any atom is -0.342 e. The van der Waals surface area contributed by atoms with Gasteiger partial charge in [0.05, 0.1) is 6.42 Å². The summed E-state index contributed by atoms with van der Waals surface area (Å²) in [5.74, 6) is -0.242. The second kappa shape index (κ2) is 4.48. The SMILES string of the molecule is O=CN1CCN(C(=O)C2CC(=O)NN2)CC1. The van der Waals surface area contributed by atoms with Gasteiger partial charge in [-0.15, -0.1) is 0 Å². The molecule has 1 atom stereocenters. The molecule has 2 saturated heterocycles. The maximum Gasteiger partial charge on any atom is 0.242 e. The molecule has 88 valence electrons. The second-order valence-corrected chi connectivity index (χ2v) is 3.92. The maximum atomic E-state index is 11.9. The van der Waals surface area contributed by atoms with Crippen LogP contribution in [0.2, 0.25) is 0 Å². The van der Waals surface area contributed by atoms with Crippen molar-refractivity contribution < 1.29 is 14.4 Å². The van der Waals surface area contributed by atoms with E-state index < -0.39 is 6.04 Å². The molecule has 0 aromatic rings. The number of hydrazine groups is 1. The third-order valence-corrected chi connectivity index (χ3v) is 2.85. The molecule has 2 N–H and O–H groups in total. The van der Waals surface area contributed by atoms with Gasteiger partial charge in [-0.3, -0.25) is 19.8 Å². The first-order chi connectivity index (χ1) is 7.70. The summed E-state index contributed by atoms with van der Waals surface area (Å²) in [5, 5.41) is 0. The number of nitrogens with zero attached hydrogens (tertiary/aromatic N) is 2. The zero-order chi connectivity index (χ0) is 11.5. The van der Waals surface area contributed by atoms with Crippen LogP contribution < -0.4 is 10.9 Å². The number of piperazine rings is 1. The van der Waals surface area contributed by atoms with Crippen molar-refractivity contribution >= 4 is 18.2 Å². The number of amides is 3. The second-order valence-electron chi connectivity index (χ2n) is 3.92. The standard InChI is InChI=1S/C9H14N4O3/c14-6-12-1-3-13(4-2-12)9(16)7-5-8(15)11-10-7/h6-7,10H,1-5H2,(H,11,15). The van der Waals surface area contributed by atoms with E-state index in [1.165, 1.54) is 0 Å². The van der Waals surface area contributed by atoms with Gasteiger partial charge in [0.25, 0.3) is 0 Å². The molecule has 3 amide bonds. The van der Waals surface area contributed by atoms with Crippen LogP contribution in [0.15, 0.2) is 0 Å². The Morgan fingerprint density at radius 2 is 2.00 bits per heavy atom. The van der Waals surface area contributed by atoms with Crippen LogP contribution in [0.5, 0.6) is 0 Å². The van der Waals surface area contributed by atoms with Gasteiger partial charge in [-0.25, -0.2) is 5.43 Å². The highest BCUT2D eigenvalue weighted by molar-refractivity contribution is 5.90. The fourth-order valence-corrected chi connectivity index (χ4v) is 1.87. The highest BCUT2D eigenvalue weighted by Gasteiger charge is 2.32. The first-order valence-electron chi connectivity index (χ1n) is 5.23. The molecule has 0 aromatic carbocycles. The largest absolute Gasteiger partial charge is 0.342 e. The summed E-state index contributed by atoms with van der Waals surface area (Å²) in [7, 11) is 0. The predicted octanol–water partition coefficient (Wildman–Crippen LogP) is -2.32. The van der Waals surface area contributed by atoms with Crippen molar-refractivity contribution in [2.24, 2.45) is 0 Å². The molecule has 0 aromatic heterocycles. The summed E-state index contributed by atoms with van der Waals surface area (Å²) in [4.78, 5) is 36.6. The summed E-state index contributed by atoms with van der Waals surface area (Å²) in [6.07, 6.45) is 0.980. The highest BCUT2D eigenvalue weighted by atomic mass is 16.2. The van der Waals surface area contributed by atoms with Crippen molar-refractivity contribution in [1.29, 1.82) is 0 Å². The molecule has 0 spiro atoms. The van der Waals surface area contributed by atoms with E-state index in [0.717, 1.165) is 6.41 Å². The van der Waals surface area contributed by atoms with E-state index in [1.807, 2.05) is 0 Å². The van der Waals surface area contributed by atoms with Crippen LogP contribution in [0.25, 0.3) is 0 Å². The fourth-order valence-electron chi connectivity index (χ4n) is 1.87. The third kappa shape index (κ3) is 2.13. The predicted molar refractivity (Wildman–Crippen MR) is 53.9 cm³/mol. The quantitative estimate of drug-likeness (QED) is 0.518. The summed E-state index contributed by atoms with van der Waals surface area (Å²) in [6.45, 7) is 2.18. The normalized spacial score (nSPS) is 25.5. The molecule has 2 aliphatic rings. The fraction of sp³-hybridized carbons (Fsp3) is 0.667. The van der Waals surface area contributed by atoms with Crippen molar-refractivity contribution in [3.05, 3.63) is 0 Å². The molecule has 1 unspecified atom stereocenters. The lowest BCUT2D eigenvalue weighted by atomic mass is 10.2. The Morgan fingerprint density at radius 1 is 1.31 bits per heavy atom. The molecule has 0 radical (unpaired) electrons. The van der Waals surface area contributed by atoms with Crippen molar-refractivity contribution in [2.75, 3.05) is 26.2 Å². The summed E-state index contributed by atoms with van der Waals surface area (Å²) < 4.78 is 0. The average molecular weight is 226 g/mol. The number of nitrogens with one attached hydrogen (secondary N) is 2. The Bertz CT molecular complexity index is 312. The van der Waals surface area contributed by atoms with E-state index in [0.29, 0.717) is 26.2 Å². The van der Waals surface area contributed by atoms with Crippen molar-refractivity contribution in [3.63, 3.8) is 0 Å². The average Bonchev–Trinajstić information content (AvgIpc) is 2.75. The van der Waals surface area contributed by atoms with Crippen molar-refractivity contribution in [3.8, 4) is 0 Å². The number of rotatable bonds is 2. The summed E-state index contributed by atoms with van der Waals surface area (Å²) in [5.41, 5.74) is 5.06. The van der Waals surface area contributed by atoms with Crippen LogP contribution >= 0.6 is 0 Å². The molecule has 0 bridgehead atoms. The minimum absolute atomic E-state index is 0.0797. The van der Waals surface area contributed by atoms with Crippen LogP contribution in [0, 0.1) is 0 Å². The molecule has 0 aliphatic carbocycles. The van der Waals surface area contributed by atoms with E-state index in [2.05, 4.69) is 10.9 Å². The van der Waals surface area contributed by atoms with Gasteiger partial charge in [0.2, 0.25) is 18.2 Å². The number of hydrogen-bond acceptors (Lipinski definition) is 4. The van der Waals surface area contributed by atoms with E-state index in [1.54, 1.807) is 9.80 Å². The van der Waals surface area contributed by atoms with Gasteiger partial charge in [-0.2, -0.15) is 0 Å². The zero-order valence-corrected chi connectivity index (χ0v) is 8.81. The molecular weight excluding hydrogens is 212 g/mol. The molecule has 2 aliphatic heterocycles. The minimum atomic E-state index is -0.463. The Morgan fingerprint density at radius 3 is 2.50 bits per heavy atom. The molecule has 2 rings (SSSR count). The van der Waals surface area contributed by atoms with E-state index >= 15 is 0 Å². The van der Waals surface area contributed by atoms with Crippen LogP contribution in [-0.2, 0) is 14.4 Å². The van der Waals surface area contributed by atoms with Crippen LogP contribution in [0.1, 0.15) is 6.42 Å². The van der Waals surface area contributed by atoms with Gasteiger partial charge in [0, 0.05) is 26.2 Å². The summed E-state index contributed by atoms with van der Waals surface area (Å²) in [6, 6.07) is -0.463. The lowest BCUT2D eigenvalue weighted by molar-refractivity contribution is -0.137. The maximum absolute atomic E-state index is 11.9. The van der Waals surface area contributed by atoms with Crippen LogP contribution in [0.3, 0.4) is 0 Å². The molecule has 2 fully saturated rings. The van der Waals surface area contributed by atoms with E-state index in [9.17, 15) is 14.4 Å². The Labute approximate surface area is 92.7 Å². The van der Waals surface area contributed by atoms with Gasteiger partial charge >= 0.3 is 0 Å². The van der Waals surface area contributed by atoms with Crippen molar-refractivity contribution in [2.45, 2.75) is 12.5 Å². The van der Waals surface area contributed by atoms with Gasteiger partial charge < -0.3 is 9.80 Å². The monoisotopic (exact) mass is 226 g/mol. The third-order valence-electron chi connectivity index (χ3n) is 2.85. The molecule has 0 saturated carbocycles. The zero-order valence-electron chi connectivity index (χ0n) is 8.81. The van der Waals surface area contributed by atoms with Crippen LogP contribution in [0.4, 0.5) is 0 Å². The van der Waals surface area contributed by atoms with Gasteiger partial charge in [-0.05, 0) is 0 Å². The smallest absolute Gasteiger partial charge is 0.242 e. The Balaban J connectivity index is 1.86. The van der Waals surface area contributed by atoms with E-state index in [4.69, 9.17) is 0 Å². The molecule has 7 heteroatoms. The molecule has 7 nitrogen and oxygen atoms in total. The molecular formula is C9H14N4O3. The molecule has 16 heavy (non-hydrogen) atoms. The van der Waals surface area contributed by atoms with Gasteiger partial charge in [-0.1, -0.05) is 0 Å². The Hall–Kier alpha value is -1.63. The first kappa shape index (κ1) is 10.9. The number of hydrogen-bond donors (Lipinski definition) is 2. The Kier molecular flexibility index (Phi) is 3.04. The van der Waals surface area contributed by atoms with Gasteiger partial charge in [0.15, 0.2) is 0 Å². The summed E-state index contributed by atoms with van der Waals surface area (Å²) >= 11 is 0. The van der Waals surface area contributed by atoms with Crippen LogP contribution in [-0.4, -0.2) is 60.2 Å². The number of carbonyl (C=O) groups is 3. The first-order valence-corrected chi connectivity index (χ1v) is 5.23. The van der Waals surface area contributed by atoms with Crippen molar-refractivity contribution in [1.82, 2.24) is 20.7 Å². The highest BCUT2D eigenvalue weighted by Crippen LogP contribution is 2.06. The number of carbonyl (C=O) groups excluding carboxylic acids is 3. The lowest BCUT2D eigenvalue weighted by Gasteiger charge is -2.33. The van der Waals surface area contributed by atoms with E-state index in [-0.39, 0.29) is 18.2 Å². The molecule has 2 heterocycles. The topological polar surface area (TPSA) is 81.8 Å². The van der Waals surface area contributed by atoms with Gasteiger partial charge in [0.1, 0.15) is 6.04 Å². The lowest BCUT2D eigenvalue weighted by Crippen LogP contribution is -2.53.